The van der Waals surface area contributed by atoms with Gasteiger partial charge in [0.2, 0.25) is 0 Å². The van der Waals surface area contributed by atoms with Crippen LogP contribution in [0, 0.1) is 0 Å². The number of rotatable bonds is 5. The molecule has 1 atom stereocenters. The highest BCUT2D eigenvalue weighted by molar-refractivity contribution is 5.59. The van der Waals surface area contributed by atoms with E-state index in [-0.39, 0.29) is 6.04 Å². The molecule has 0 radical (unpaired) electrons. The number of nitrogens with one attached hydrogen (secondary N) is 1. The number of halogens is 3. The Kier molecular flexibility index (Phi) is 4.58. The molecule has 0 saturated heterocycles. The van der Waals surface area contributed by atoms with Gasteiger partial charge in [-0.2, -0.15) is 13.2 Å². The van der Waals surface area contributed by atoms with Gasteiger partial charge in [-0.1, -0.05) is 19.1 Å². The van der Waals surface area contributed by atoms with Crippen LogP contribution in [-0.4, -0.2) is 25.8 Å². The Balaban J connectivity index is 2.10. The van der Waals surface area contributed by atoms with Crippen molar-refractivity contribution < 1.29 is 13.2 Å². The van der Waals surface area contributed by atoms with Gasteiger partial charge in [0.1, 0.15) is 6.54 Å². The quantitative estimate of drug-likeness (QED) is 0.888. The smallest absolute Gasteiger partial charge is 0.362 e. The molecule has 1 aromatic carbocycles. The van der Waals surface area contributed by atoms with Gasteiger partial charge in [0, 0.05) is 18.3 Å². The number of hydrogen-bond acceptors (Lipinski definition) is 2. The van der Waals surface area contributed by atoms with Crippen LogP contribution in [0.15, 0.2) is 18.2 Å². The summed E-state index contributed by atoms with van der Waals surface area (Å²) in [5.41, 5.74) is 2.90. The van der Waals surface area contributed by atoms with Gasteiger partial charge in [0.15, 0.2) is 0 Å². The summed E-state index contributed by atoms with van der Waals surface area (Å²) < 4.78 is 37.5. The molecule has 0 aromatic heterocycles. The lowest BCUT2D eigenvalue weighted by molar-refractivity contribution is -0.119. The van der Waals surface area contributed by atoms with E-state index in [1.54, 1.807) is 0 Å². The second-order valence-corrected chi connectivity index (χ2v) is 5.35. The molecular formula is C15H21F3N2. The molecule has 1 aliphatic rings. The Morgan fingerprint density at radius 2 is 2.10 bits per heavy atom. The Bertz CT molecular complexity index is 457. The fraction of sp³-hybridized carbons (Fsp3) is 0.600. The largest absolute Gasteiger partial charge is 0.405 e. The van der Waals surface area contributed by atoms with Crippen LogP contribution in [0.4, 0.5) is 18.9 Å². The van der Waals surface area contributed by atoms with E-state index < -0.39 is 12.7 Å². The van der Waals surface area contributed by atoms with Gasteiger partial charge in [-0.25, -0.2) is 0 Å². The zero-order chi connectivity index (χ0) is 14.8. The Morgan fingerprint density at radius 1 is 1.35 bits per heavy atom. The molecule has 20 heavy (non-hydrogen) atoms. The van der Waals surface area contributed by atoms with Gasteiger partial charge < -0.3 is 10.2 Å². The summed E-state index contributed by atoms with van der Waals surface area (Å²) in [5.74, 6) is 0. The normalized spacial score (nSPS) is 16.4. The SMILES string of the molecule is CCCNC(C)c1ccc2c(c1)CCN2CC(F)(F)F. The van der Waals surface area contributed by atoms with Crippen LogP contribution >= 0.6 is 0 Å². The second kappa shape index (κ2) is 6.04. The van der Waals surface area contributed by atoms with Crippen molar-refractivity contribution in [3.05, 3.63) is 29.3 Å². The molecule has 0 aliphatic carbocycles. The third-order valence-electron chi connectivity index (χ3n) is 3.67. The van der Waals surface area contributed by atoms with Crippen molar-refractivity contribution in [1.29, 1.82) is 0 Å². The number of hydrogen-bond donors (Lipinski definition) is 1. The number of fused-ring (bicyclic) bond motifs is 1. The summed E-state index contributed by atoms with van der Waals surface area (Å²) in [5, 5.41) is 3.40. The first-order chi connectivity index (χ1) is 9.40. The maximum Gasteiger partial charge on any atom is 0.405 e. The Labute approximate surface area is 118 Å². The minimum Gasteiger partial charge on any atom is -0.362 e. The van der Waals surface area contributed by atoms with E-state index in [0.717, 1.165) is 29.8 Å². The van der Waals surface area contributed by atoms with E-state index in [0.29, 0.717) is 13.0 Å². The van der Waals surface area contributed by atoms with E-state index in [4.69, 9.17) is 0 Å². The molecule has 0 bridgehead atoms. The highest BCUT2D eigenvalue weighted by Crippen LogP contribution is 2.32. The topological polar surface area (TPSA) is 15.3 Å². The van der Waals surface area contributed by atoms with Crippen molar-refractivity contribution >= 4 is 5.69 Å². The molecule has 5 heteroatoms. The third kappa shape index (κ3) is 3.66. The average Bonchev–Trinajstić information content (AvgIpc) is 2.76. The molecule has 2 rings (SSSR count). The lowest BCUT2D eigenvalue weighted by atomic mass is 10.0. The molecule has 1 aromatic rings. The van der Waals surface area contributed by atoms with Crippen molar-refractivity contribution in [2.75, 3.05) is 24.5 Å². The van der Waals surface area contributed by atoms with Gasteiger partial charge in [-0.3, -0.25) is 0 Å². The first-order valence-electron chi connectivity index (χ1n) is 7.08. The van der Waals surface area contributed by atoms with Crippen LogP contribution < -0.4 is 10.2 Å². The molecule has 1 aliphatic heterocycles. The van der Waals surface area contributed by atoms with Crippen LogP contribution in [0.1, 0.15) is 37.4 Å². The van der Waals surface area contributed by atoms with Gasteiger partial charge in [0.25, 0.3) is 0 Å². The monoisotopic (exact) mass is 286 g/mol. The Morgan fingerprint density at radius 3 is 2.75 bits per heavy atom. The van der Waals surface area contributed by atoms with Crippen molar-refractivity contribution in [3.8, 4) is 0 Å². The number of nitrogens with zero attached hydrogens (tertiary/aromatic N) is 1. The Hall–Kier alpha value is -1.23. The van der Waals surface area contributed by atoms with Gasteiger partial charge in [-0.05, 0) is 43.5 Å². The minimum atomic E-state index is -4.14. The first kappa shape index (κ1) is 15.2. The molecule has 1 heterocycles. The molecule has 1 unspecified atom stereocenters. The lowest BCUT2D eigenvalue weighted by Gasteiger charge is -2.21. The fourth-order valence-corrected chi connectivity index (χ4v) is 2.62. The molecule has 0 spiro atoms. The van der Waals surface area contributed by atoms with Crippen LogP contribution in [-0.2, 0) is 6.42 Å². The van der Waals surface area contributed by atoms with E-state index >= 15 is 0 Å². The zero-order valence-electron chi connectivity index (χ0n) is 11.9. The molecule has 0 fully saturated rings. The summed E-state index contributed by atoms with van der Waals surface area (Å²) in [6.45, 7) is 4.73. The summed E-state index contributed by atoms with van der Waals surface area (Å²) in [6.07, 6.45) is -2.38. The maximum absolute atomic E-state index is 12.5. The van der Waals surface area contributed by atoms with E-state index in [2.05, 4.69) is 19.2 Å². The standard InChI is InChI=1S/C15H21F3N2/c1-3-7-19-11(2)12-4-5-14-13(9-12)6-8-20(14)10-15(16,17)18/h4-5,9,11,19H,3,6-8,10H2,1-2H3. The number of anilines is 1. The van der Waals surface area contributed by atoms with E-state index in [1.807, 2.05) is 18.2 Å². The molecule has 0 amide bonds. The summed E-state index contributed by atoms with van der Waals surface area (Å²) in [4.78, 5) is 1.42. The molecular weight excluding hydrogens is 265 g/mol. The maximum atomic E-state index is 12.5. The van der Waals surface area contributed by atoms with Gasteiger partial charge in [0.05, 0.1) is 0 Å². The zero-order valence-corrected chi connectivity index (χ0v) is 11.9. The van der Waals surface area contributed by atoms with E-state index in [1.165, 1.54) is 4.90 Å². The van der Waals surface area contributed by atoms with Crippen molar-refractivity contribution in [2.24, 2.45) is 0 Å². The van der Waals surface area contributed by atoms with Crippen molar-refractivity contribution in [3.63, 3.8) is 0 Å². The van der Waals surface area contributed by atoms with Gasteiger partial charge >= 0.3 is 6.18 Å². The predicted octanol–water partition coefficient (Wildman–Crippen LogP) is 3.67. The van der Waals surface area contributed by atoms with E-state index in [9.17, 15) is 13.2 Å². The molecule has 2 nitrogen and oxygen atoms in total. The molecule has 0 saturated carbocycles. The fourth-order valence-electron chi connectivity index (χ4n) is 2.62. The number of alkyl halides is 3. The lowest BCUT2D eigenvalue weighted by Crippen LogP contribution is -2.32. The van der Waals surface area contributed by atoms with Crippen LogP contribution in [0.25, 0.3) is 0 Å². The molecule has 112 valence electrons. The number of benzene rings is 1. The highest BCUT2D eigenvalue weighted by Gasteiger charge is 2.33. The van der Waals surface area contributed by atoms with Gasteiger partial charge in [-0.15, -0.1) is 0 Å². The second-order valence-electron chi connectivity index (χ2n) is 5.35. The summed E-state index contributed by atoms with van der Waals surface area (Å²) >= 11 is 0. The average molecular weight is 286 g/mol. The van der Waals surface area contributed by atoms with Crippen molar-refractivity contribution in [1.82, 2.24) is 5.32 Å². The summed E-state index contributed by atoms with van der Waals surface area (Å²) in [7, 11) is 0. The third-order valence-corrected chi connectivity index (χ3v) is 3.67. The van der Waals surface area contributed by atoms with Crippen LogP contribution in [0.3, 0.4) is 0 Å². The predicted molar refractivity (Wildman–Crippen MR) is 75.1 cm³/mol. The minimum absolute atomic E-state index is 0.233. The van der Waals surface area contributed by atoms with Crippen molar-refractivity contribution in [2.45, 2.75) is 38.9 Å². The molecule has 1 N–H and O–H groups in total. The van der Waals surface area contributed by atoms with Crippen LogP contribution in [0.2, 0.25) is 0 Å². The first-order valence-corrected chi connectivity index (χ1v) is 7.08. The van der Waals surface area contributed by atoms with Crippen LogP contribution in [0.5, 0.6) is 0 Å². The highest BCUT2D eigenvalue weighted by atomic mass is 19.4. The summed E-state index contributed by atoms with van der Waals surface area (Å²) in [6, 6.07) is 6.03.